The van der Waals surface area contributed by atoms with E-state index >= 15 is 0 Å². The van der Waals surface area contributed by atoms with Crippen molar-refractivity contribution < 1.29 is 4.79 Å². The third kappa shape index (κ3) is 3.63. The van der Waals surface area contributed by atoms with Crippen molar-refractivity contribution in [2.24, 2.45) is 0 Å². The van der Waals surface area contributed by atoms with Gasteiger partial charge in [0.05, 0.1) is 6.54 Å². The Morgan fingerprint density at radius 2 is 1.62 bits per heavy atom. The first-order chi connectivity index (χ1) is 9.99. The Labute approximate surface area is 126 Å². The fourth-order valence-corrected chi connectivity index (χ4v) is 2.54. The first-order valence-electron chi connectivity index (χ1n) is 7.12. The molecule has 0 aromatic heterocycles. The molecule has 0 heterocycles. The summed E-state index contributed by atoms with van der Waals surface area (Å²) in [5.74, 6) is 0.0422. The fourth-order valence-electron chi connectivity index (χ4n) is 2.54. The Bertz CT molecular complexity index is 612. The molecule has 110 valence electrons. The molecule has 0 unspecified atom stereocenters. The minimum Gasteiger partial charge on any atom is -0.376 e. The second kappa shape index (κ2) is 6.44. The fraction of sp³-hybridized carbons (Fsp3) is 0.278. The zero-order valence-corrected chi connectivity index (χ0v) is 13.1. The highest BCUT2D eigenvalue weighted by Crippen LogP contribution is 2.21. The number of anilines is 2. The van der Waals surface area contributed by atoms with Gasteiger partial charge in [0.25, 0.3) is 0 Å². The topological polar surface area (TPSA) is 32.3 Å². The van der Waals surface area contributed by atoms with Gasteiger partial charge in [-0.25, -0.2) is 0 Å². The molecule has 0 bridgehead atoms. The molecule has 0 radical (unpaired) electrons. The molecule has 0 aliphatic rings. The van der Waals surface area contributed by atoms with Gasteiger partial charge in [-0.05, 0) is 44.0 Å². The van der Waals surface area contributed by atoms with Gasteiger partial charge >= 0.3 is 0 Å². The summed E-state index contributed by atoms with van der Waals surface area (Å²) in [5.41, 5.74) is 5.53. The van der Waals surface area contributed by atoms with Crippen molar-refractivity contribution in [1.82, 2.24) is 0 Å². The van der Waals surface area contributed by atoms with Crippen molar-refractivity contribution in [3.8, 4) is 0 Å². The summed E-state index contributed by atoms with van der Waals surface area (Å²) in [4.78, 5) is 13.9. The van der Waals surface area contributed by atoms with E-state index in [1.54, 1.807) is 11.9 Å². The van der Waals surface area contributed by atoms with E-state index in [-0.39, 0.29) is 12.5 Å². The third-order valence-corrected chi connectivity index (χ3v) is 3.61. The standard InChI is InChI=1S/C18H22N2O/c1-13-10-14(2)18(15(3)11-13)19-12-17(21)20(4)16-8-6-5-7-9-16/h5-11,19H,12H2,1-4H3. The molecule has 2 rings (SSSR count). The average Bonchev–Trinajstić information content (AvgIpc) is 2.46. The molecule has 21 heavy (non-hydrogen) atoms. The van der Waals surface area contributed by atoms with E-state index in [0.717, 1.165) is 11.4 Å². The molecule has 0 spiro atoms. The number of rotatable bonds is 4. The van der Waals surface area contributed by atoms with Gasteiger partial charge in [0, 0.05) is 18.4 Å². The van der Waals surface area contributed by atoms with Crippen LogP contribution in [0.25, 0.3) is 0 Å². The Kier molecular flexibility index (Phi) is 4.63. The first kappa shape index (κ1) is 15.1. The van der Waals surface area contributed by atoms with E-state index in [1.807, 2.05) is 30.3 Å². The quantitative estimate of drug-likeness (QED) is 0.927. The third-order valence-electron chi connectivity index (χ3n) is 3.61. The maximum atomic E-state index is 12.3. The summed E-state index contributed by atoms with van der Waals surface area (Å²) >= 11 is 0. The van der Waals surface area contributed by atoms with E-state index in [1.165, 1.54) is 16.7 Å². The number of likely N-dealkylation sites (N-methyl/N-ethyl adjacent to an activating group) is 1. The summed E-state index contributed by atoms with van der Waals surface area (Å²) in [7, 11) is 1.80. The maximum Gasteiger partial charge on any atom is 0.246 e. The van der Waals surface area contributed by atoms with Crippen LogP contribution in [0, 0.1) is 20.8 Å². The normalized spacial score (nSPS) is 10.3. The minimum atomic E-state index is 0.0422. The van der Waals surface area contributed by atoms with Crippen LogP contribution in [0.15, 0.2) is 42.5 Å². The Hall–Kier alpha value is -2.29. The van der Waals surface area contributed by atoms with Crippen molar-refractivity contribution in [3.63, 3.8) is 0 Å². The number of nitrogens with one attached hydrogen (secondary N) is 1. The Morgan fingerprint density at radius 3 is 2.19 bits per heavy atom. The molecular formula is C18H22N2O. The summed E-state index contributed by atoms with van der Waals surface area (Å²) in [6.07, 6.45) is 0. The van der Waals surface area contributed by atoms with Crippen LogP contribution in [0.4, 0.5) is 11.4 Å². The molecule has 0 aliphatic carbocycles. The Balaban J connectivity index is 2.05. The van der Waals surface area contributed by atoms with Crippen LogP contribution in [-0.4, -0.2) is 19.5 Å². The Morgan fingerprint density at radius 1 is 1.05 bits per heavy atom. The van der Waals surface area contributed by atoms with E-state index in [2.05, 4.69) is 38.2 Å². The molecule has 0 saturated heterocycles. The van der Waals surface area contributed by atoms with Gasteiger partial charge in [-0.15, -0.1) is 0 Å². The number of amides is 1. The lowest BCUT2D eigenvalue weighted by atomic mass is 10.1. The number of nitrogens with zero attached hydrogens (tertiary/aromatic N) is 1. The second-order valence-electron chi connectivity index (χ2n) is 5.42. The summed E-state index contributed by atoms with van der Waals surface area (Å²) in [5, 5.41) is 3.27. The predicted molar refractivity (Wildman–Crippen MR) is 89.0 cm³/mol. The van der Waals surface area contributed by atoms with E-state index in [9.17, 15) is 4.79 Å². The molecule has 2 aromatic rings. The highest BCUT2D eigenvalue weighted by molar-refractivity contribution is 5.95. The molecule has 1 N–H and O–H groups in total. The molecule has 3 heteroatoms. The number of hydrogen-bond donors (Lipinski definition) is 1. The molecular weight excluding hydrogens is 260 g/mol. The van der Waals surface area contributed by atoms with Crippen LogP contribution >= 0.6 is 0 Å². The number of carbonyl (C=O) groups is 1. The van der Waals surface area contributed by atoms with Crippen molar-refractivity contribution in [2.45, 2.75) is 20.8 Å². The van der Waals surface area contributed by atoms with Crippen molar-refractivity contribution in [2.75, 3.05) is 23.8 Å². The van der Waals surface area contributed by atoms with Crippen LogP contribution < -0.4 is 10.2 Å². The average molecular weight is 282 g/mol. The highest BCUT2D eigenvalue weighted by Gasteiger charge is 2.11. The lowest BCUT2D eigenvalue weighted by Crippen LogP contribution is -2.32. The van der Waals surface area contributed by atoms with E-state index in [0.29, 0.717) is 0 Å². The molecule has 1 amide bonds. The van der Waals surface area contributed by atoms with Gasteiger partial charge in [-0.3, -0.25) is 4.79 Å². The van der Waals surface area contributed by atoms with Crippen molar-refractivity contribution in [1.29, 1.82) is 0 Å². The lowest BCUT2D eigenvalue weighted by molar-refractivity contribution is -0.116. The number of para-hydroxylation sites is 1. The zero-order valence-electron chi connectivity index (χ0n) is 13.1. The van der Waals surface area contributed by atoms with Gasteiger partial charge in [0.15, 0.2) is 0 Å². The SMILES string of the molecule is Cc1cc(C)c(NCC(=O)N(C)c2ccccc2)c(C)c1. The van der Waals surface area contributed by atoms with Crippen LogP contribution in [0.1, 0.15) is 16.7 Å². The second-order valence-corrected chi connectivity index (χ2v) is 5.42. The minimum absolute atomic E-state index is 0.0422. The zero-order chi connectivity index (χ0) is 15.4. The van der Waals surface area contributed by atoms with Crippen LogP contribution in [0.5, 0.6) is 0 Å². The molecule has 0 saturated carbocycles. The largest absolute Gasteiger partial charge is 0.376 e. The number of benzene rings is 2. The van der Waals surface area contributed by atoms with Gasteiger partial charge < -0.3 is 10.2 Å². The number of carbonyl (C=O) groups excluding carboxylic acids is 1. The van der Waals surface area contributed by atoms with Gasteiger partial charge in [0.1, 0.15) is 0 Å². The predicted octanol–water partition coefficient (Wildman–Crippen LogP) is 3.69. The van der Waals surface area contributed by atoms with E-state index in [4.69, 9.17) is 0 Å². The smallest absolute Gasteiger partial charge is 0.246 e. The molecule has 0 atom stereocenters. The van der Waals surface area contributed by atoms with Gasteiger partial charge in [-0.2, -0.15) is 0 Å². The van der Waals surface area contributed by atoms with Gasteiger partial charge in [0.2, 0.25) is 5.91 Å². The highest BCUT2D eigenvalue weighted by atomic mass is 16.2. The van der Waals surface area contributed by atoms with Crippen LogP contribution in [0.3, 0.4) is 0 Å². The summed E-state index contributed by atoms with van der Waals surface area (Å²) in [6, 6.07) is 13.9. The molecule has 2 aromatic carbocycles. The molecule has 3 nitrogen and oxygen atoms in total. The summed E-state index contributed by atoms with van der Waals surface area (Å²) < 4.78 is 0. The number of hydrogen-bond acceptors (Lipinski definition) is 2. The van der Waals surface area contributed by atoms with Crippen molar-refractivity contribution in [3.05, 3.63) is 59.2 Å². The number of aryl methyl sites for hydroxylation is 3. The van der Waals surface area contributed by atoms with Crippen LogP contribution in [0.2, 0.25) is 0 Å². The van der Waals surface area contributed by atoms with Gasteiger partial charge in [-0.1, -0.05) is 35.9 Å². The molecule has 0 fully saturated rings. The summed E-state index contributed by atoms with van der Waals surface area (Å²) in [6.45, 7) is 6.50. The lowest BCUT2D eigenvalue weighted by Gasteiger charge is -2.19. The molecule has 0 aliphatic heterocycles. The monoisotopic (exact) mass is 282 g/mol. The first-order valence-corrected chi connectivity index (χ1v) is 7.12. The van der Waals surface area contributed by atoms with E-state index < -0.39 is 0 Å². The van der Waals surface area contributed by atoms with Crippen LogP contribution in [-0.2, 0) is 4.79 Å². The van der Waals surface area contributed by atoms with Crippen molar-refractivity contribution >= 4 is 17.3 Å². The maximum absolute atomic E-state index is 12.3.